The molecule has 102 valence electrons. The van der Waals surface area contributed by atoms with Gasteiger partial charge in [-0.3, -0.25) is 4.79 Å². The minimum atomic E-state index is 0.207. The highest BCUT2D eigenvalue weighted by atomic mass is 16.2. The Labute approximate surface area is 118 Å². The first-order chi connectivity index (χ1) is 9.83. The molecule has 0 saturated carbocycles. The van der Waals surface area contributed by atoms with Crippen molar-refractivity contribution in [2.75, 3.05) is 0 Å². The predicted molar refractivity (Wildman–Crippen MR) is 75.7 cm³/mol. The number of amides is 1. The molecule has 1 aliphatic rings. The summed E-state index contributed by atoms with van der Waals surface area (Å²) in [6.07, 6.45) is 5.78. The molecule has 1 amide bonds. The number of fused-ring (bicyclic) bond motifs is 1. The lowest BCUT2D eigenvalue weighted by Gasteiger charge is -2.14. The Balaban J connectivity index is 1.49. The van der Waals surface area contributed by atoms with Crippen molar-refractivity contribution >= 4 is 5.91 Å². The van der Waals surface area contributed by atoms with Crippen molar-refractivity contribution in [2.24, 2.45) is 0 Å². The predicted octanol–water partition coefficient (Wildman–Crippen LogP) is 2.34. The second-order valence-corrected chi connectivity index (χ2v) is 5.08. The van der Waals surface area contributed by atoms with Crippen LogP contribution in [0.4, 0.5) is 0 Å². The third-order valence-corrected chi connectivity index (χ3v) is 3.63. The van der Waals surface area contributed by atoms with Gasteiger partial charge in [-0.1, -0.05) is 30.3 Å². The van der Waals surface area contributed by atoms with E-state index in [1.54, 1.807) is 12.5 Å². The van der Waals surface area contributed by atoms with Gasteiger partial charge in [-0.05, 0) is 18.4 Å². The molecule has 1 aliphatic heterocycles. The van der Waals surface area contributed by atoms with Gasteiger partial charge in [-0.15, -0.1) is 0 Å². The molecule has 4 nitrogen and oxygen atoms in total. The Hall–Kier alpha value is -2.23. The number of aromatic nitrogens is 2. The average molecular weight is 267 g/mol. The quantitative estimate of drug-likeness (QED) is 0.854. The van der Waals surface area contributed by atoms with Gasteiger partial charge in [-0.25, -0.2) is 9.97 Å². The molecule has 3 rings (SSSR count). The van der Waals surface area contributed by atoms with Gasteiger partial charge in [0.05, 0.1) is 12.2 Å². The van der Waals surface area contributed by atoms with Gasteiger partial charge in [0.15, 0.2) is 0 Å². The Morgan fingerprint density at radius 3 is 2.85 bits per heavy atom. The van der Waals surface area contributed by atoms with Crippen LogP contribution >= 0.6 is 0 Å². The van der Waals surface area contributed by atoms with Crippen molar-refractivity contribution in [2.45, 2.75) is 32.4 Å². The van der Waals surface area contributed by atoms with Crippen LogP contribution in [0, 0.1) is 0 Å². The van der Waals surface area contributed by atoms with E-state index in [-0.39, 0.29) is 5.91 Å². The SMILES string of the molecule is O=C(CCCc1ccccc1)N1Cc2cncnc2C1. The van der Waals surface area contributed by atoms with Crippen LogP contribution in [0.1, 0.15) is 29.7 Å². The zero-order valence-corrected chi connectivity index (χ0v) is 11.3. The number of rotatable bonds is 4. The number of nitrogens with zero attached hydrogens (tertiary/aromatic N) is 3. The van der Waals surface area contributed by atoms with Crippen molar-refractivity contribution < 1.29 is 4.79 Å². The number of carbonyl (C=O) groups excluding carboxylic acids is 1. The minimum absolute atomic E-state index is 0.207. The standard InChI is InChI=1S/C16H17N3O/c20-16(8-4-7-13-5-2-1-3-6-13)19-10-14-9-17-12-18-15(14)11-19/h1-3,5-6,9,12H,4,7-8,10-11H2. The van der Waals surface area contributed by atoms with E-state index in [1.807, 2.05) is 23.1 Å². The monoisotopic (exact) mass is 267 g/mol. The Morgan fingerprint density at radius 2 is 2.05 bits per heavy atom. The van der Waals surface area contributed by atoms with E-state index in [0.717, 1.165) is 24.1 Å². The van der Waals surface area contributed by atoms with Crippen LogP contribution in [0.2, 0.25) is 0 Å². The highest BCUT2D eigenvalue weighted by molar-refractivity contribution is 5.76. The van der Waals surface area contributed by atoms with Crippen molar-refractivity contribution in [3.05, 3.63) is 59.7 Å². The number of hydrogen-bond donors (Lipinski definition) is 0. The molecular weight excluding hydrogens is 250 g/mol. The summed E-state index contributed by atoms with van der Waals surface area (Å²) in [5.74, 6) is 0.207. The molecule has 0 atom stereocenters. The first-order valence-corrected chi connectivity index (χ1v) is 6.92. The molecule has 0 N–H and O–H groups in total. The molecule has 1 aromatic heterocycles. The summed E-state index contributed by atoms with van der Waals surface area (Å²) < 4.78 is 0. The summed E-state index contributed by atoms with van der Waals surface area (Å²) in [6, 6.07) is 10.3. The highest BCUT2D eigenvalue weighted by Crippen LogP contribution is 2.20. The molecular formula is C16H17N3O. The van der Waals surface area contributed by atoms with E-state index in [0.29, 0.717) is 19.5 Å². The molecule has 0 bridgehead atoms. The topological polar surface area (TPSA) is 46.1 Å². The smallest absolute Gasteiger partial charge is 0.223 e. The van der Waals surface area contributed by atoms with Gasteiger partial charge < -0.3 is 4.90 Å². The van der Waals surface area contributed by atoms with E-state index in [9.17, 15) is 4.79 Å². The Morgan fingerprint density at radius 1 is 1.20 bits per heavy atom. The molecule has 20 heavy (non-hydrogen) atoms. The lowest BCUT2D eigenvalue weighted by molar-refractivity contribution is -0.131. The molecule has 0 aliphatic carbocycles. The molecule has 0 unspecified atom stereocenters. The molecule has 0 spiro atoms. The first-order valence-electron chi connectivity index (χ1n) is 6.92. The fourth-order valence-electron chi connectivity index (χ4n) is 2.52. The van der Waals surface area contributed by atoms with Crippen LogP contribution in [-0.4, -0.2) is 20.8 Å². The maximum absolute atomic E-state index is 12.2. The Kier molecular flexibility index (Phi) is 3.72. The third-order valence-electron chi connectivity index (χ3n) is 3.63. The van der Waals surface area contributed by atoms with E-state index in [2.05, 4.69) is 22.1 Å². The molecule has 4 heteroatoms. The highest BCUT2D eigenvalue weighted by Gasteiger charge is 2.23. The van der Waals surface area contributed by atoms with Crippen molar-refractivity contribution in [3.8, 4) is 0 Å². The summed E-state index contributed by atoms with van der Waals surface area (Å²) in [4.78, 5) is 22.3. The molecule has 2 aromatic rings. The summed E-state index contributed by atoms with van der Waals surface area (Å²) >= 11 is 0. The number of hydrogen-bond acceptors (Lipinski definition) is 3. The second kappa shape index (κ2) is 5.82. The fourth-order valence-corrected chi connectivity index (χ4v) is 2.52. The van der Waals surface area contributed by atoms with Crippen LogP contribution in [0.5, 0.6) is 0 Å². The summed E-state index contributed by atoms with van der Waals surface area (Å²) in [7, 11) is 0. The second-order valence-electron chi connectivity index (χ2n) is 5.08. The molecule has 0 saturated heterocycles. The van der Waals surface area contributed by atoms with Gasteiger partial charge in [-0.2, -0.15) is 0 Å². The van der Waals surface area contributed by atoms with Crippen molar-refractivity contribution in [1.82, 2.24) is 14.9 Å². The summed E-state index contributed by atoms with van der Waals surface area (Å²) in [6.45, 7) is 1.28. The molecule has 1 aromatic carbocycles. The maximum Gasteiger partial charge on any atom is 0.223 e. The largest absolute Gasteiger partial charge is 0.332 e. The third kappa shape index (κ3) is 2.85. The van der Waals surface area contributed by atoms with Gasteiger partial charge in [0, 0.05) is 24.7 Å². The van der Waals surface area contributed by atoms with Gasteiger partial charge in [0.1, 0.15) is 6.33 Å². The van der Waals surface area contributed by atoms with E-state index in [1.165, 1.54) is 5.56 Å². The molecule has 2 heterocycles. The van der Waals surface area contributed by atoms with Crippen molar-refractivity contribution in [3.63, 3.8) is 0 Å². The average Bonchev–Trinajstić information content (AvgIpc) is 2.92. The van der Waals surface area contributed by atoms with E-state index < -0.39 is 0 Å². The van der Waals surface area contributed by atoms with Crippen LogP contribution < -0.4 is 0 Å². The maximum atomic E-state index is 12.2. The lowest BCUT2D eigenvalue weighted by atomic mass is 10.1. The van der Waals surface area contributed by atoms with Gasteiger partial charge in [0.25, 0.3) is 0 Å². The van der Waals surface area contributed by atoms with Crippen molar-refractivity contribution in [1.29, 1.82) is 0 Å². The normalized spacial score (nSPS) is 13.3. The van der Waals surface area contributed by atoms with Gasteiger partial charge in [0.2, 0.25) is 5.91 Å². The summed E-state index contributed by atoms with van der Waals surface area (Å²) in [5, 5.41) is 0. The zero-order chi connectivity index (χ0) is 13.8. The van der Waals surface area contributed by atoms with Crippen LogP contribution in [0.15, 0.2) is 42.9 Å². The van der Waals surface area contributed by atoms with Crippen LogP contribution in [-0.2, 0) is 24.3 Å². The Bertz CT molecular complexity index is 573. The lowest BCUT2D eigenvalue weighted by Crippen LogP contribution is -2.25. The number of aryl methyl sites for hydroxylation is 1. The number of carbonyl (C=O) groups is 1. The number of benzene rings is 1. The molecule has 0 fully saturated rings. The zero-order valence-electron chi connectivity index (χ0n) is 11.3. The molecule has 0 radical (unpaired) electrons. The van der Waals surface area contributed by atoms with Gasteiger partial charge >= 0.3 is 0 Å². The fraction of sp³-hybridized carbons (Fsp3) is 0.312. The van der Waals surface area contributed by atoms with E-state index >= 15 is 0 Å². The van der Waals surface area contributed by atoms with Crippen LogP contribution in [0.25, 0.3) is 0 Å². The first kappa shape index (κ1) is 12.8. The van der Waals surface area contributed by atoms with Crippen LogP contribution in [0.3, 0.4) is 0 Å². The minimum Gasteiger partial charge on any atom is -0.332 e. The van der Waals surface area contributed by atoms with E-state index in [4.69, 9.17) is 0 Å². The summed E-state index contributed by atoms with van der Waals surface area (Å²) in [5.41, 5.74) is 3.34.